The van der Waals surface area contributed by atoms with Gasteiger partial charge in [-0.15, -0.1) is 0 Å². The second kappa shape index (κ2) is 7.40. The standard InChI is InChI=1S/C18H26N2O4/c1-4-24-16-6-5-13(7-17(16)22-3)8-20-9-14-11-23-12-15(10-20)19(2)18(14)21/h5-7,14-15H,4,8-12H2,1-3H3/t14-,15+/m1/s1. The highest BCUT2D eigenvalue weighted by molar-refractivity contribution is 5.79. The lowest BCUT2D eigenvalue weighted by Gasteiger charge is -2.29. The summed E-state index contributed by atoms with van der Waals surface area (Å²) in [5.41, 5.74) is 1.16. The van der Waals surface area contributed by atoms with Gasteiger partial charge in [0.2, 0.25) is 5.91 Å². The van der Waals surface area contributed by atoms with E-state index in [4.69, 9.17) is 14.2 Å². The monoisotopic (exact) mass is 334 g/mol. The van der Waals surface area contributed by atoms with E-state index in [-0.39, 0.29) is 17.9 Å². The Kier molecular flexibility index (Phi) is 5.26. The molecule has 2 aliphatic heterocycles. The second-order valence-electron chi connectivity index (χ2n) is 6.45. The van der Waals surface area contributed by atoms with Gasteiger partial charge >= 0.3 is 0 Å². The molecule has 24 heavy (non-hydrogen) atoms. The number of hydrogen-bond donors (Lipinski definition) is 0. The molecular weight excluding hydrogens is 308 g/mol. The molecule has 2 aliphatic rings. The predicted molar refractivity (Wildman–Crippen MR) is 90.3 cm³/mol. The Labute approximate surface area is 143 Å². The van der Waals surface area contributed by atoms with E-state index in [9.17, 15) is 4.79 Å². The fourth-order valence-electron chi connectivity index (χ4n) is 3.46. The summed E-state index contributed by atoms with van der Waals surface area (Å²) < 4.78 is 16.7. The van der Waals surface area contributed by atoms with Crippen molar-refractivity contribution in [2.24, 2.45) is 5.92 Å². The Morgan fingerprint density at radius 3 is 2.83 bits per heavy atom. The first kappa shape index (κ1) is 17.0. The van der Waals surface area contributed by atoms with Gasteiger partial charge in [0.1, 0.15) is 0 Å². The summed E-state index contributed by atoms with van der Waals surface area (Å²) in [6, 6.07) is 6.16. The minimum absolute atomic E-state index is 0.0768. The van der Waals surface area contributed by atoms with Gasteiger partial charge in [-0.1, -0.05) is 6.07 Å². The van der Waals surface area contributed by atoms with Gasteiger partial charge in [-0.05, 0) is 24.6 Å². The zero-order valence-electron chi connectivity index (χ0n) is 14.7. The Hall–Kier alpha value is -1.79. The highest BCUT2D eigenvalue weighted by Gasteiger charge is 2.37. The van der Waals surface area contributed by atoms with Crippen molar-refractivity contribution in [1.82, 2.24) is 9.80 Å². The van der Waals surface area contributed by atoms with E-state index in [1.807, 2.05) is 31.0 Å². The van der Waals surface area contributed by atoms with Crippen LogP contribution in [0.5, 0.6) is 11.5 Å². The number of rotatable bonds is 5. The zero-order valence-corrected chi connectivity index (χ0v) is 14.7. The molecule has 1 aromatic carbocycles. The van der Waals surface area contributed by atoms with Gasteiger partial charge in [-0.2, -0.15) is 0 Å². The summed E-state index contributed by atoms with van der Waals surface area (Å²) >= 11 is 0. The van der Waals surface area contributed by atoms with Crippen molar-refractivity contribution in [3.8, 4) is 11.5 Å². The van der Waals surface area contributed by atoms with E-state index in [0.717, 1.165) is 36.7 Å². The van der Waals surface area contributed by atoms with Crippen molar-refractivity contribution in [1.29, 1.82) is 0 Å². The van der Waals surface area contributed by atoms with Gasteiger partial charge in [0.15, 0.2) is 11.5 Å². The van der Waals surface area contributed by atoms with Crippen LogP contribution in [0.1, 0.15) is 12.5 Å². The zero-order chi connectivity index (χ0) is 17.1. The summed E-state index contributed by atoms with van der Waals surface area (Å²) in [5.74, 6) is 1.64. The van der Waals surface area contributed by atoms with Gasteiger partial charge in [0, 0.05) is 26.7 Å². The van der Waals surface area contributed by atoms with Crippen LogP contribution < -0.4 is 9.47 Å². The topological polar surface area (TPSA) is 51.2 Å². The summed E-state index contributed by atoms with van der Waals surface area (Å²) in [6.07, 6.45) is 0. The van der Waals surface area contributed by atoms with Crippen molar-refractivity contribution in [3.05, 3.63) is 23.8 Å². The average Bonchev–Trinajstić information content (AvgIpc) is 2.75. The molecule has 0 spiro atoms. The lowest BCUT2D eigenvalue weighted by atomic mass is 10.1. The number of carbonyl (C=O) groups is 1. The molecule has 1 amide bonds. The third kappa shape index (κ3) is 3.49. The first-order valence-electron chi connectivity index (χ1n) is 8.48. The van der Waals surface area contributed by atoms with Gasteiger partial charge < -0.3 is 19.1 Å². The molecule has 0 radical (unpaired) electrons. The molecule has 1 aromatic rings. The molecule has 0 aromatic heterocycles. The third-order valence-corrected chi connectivity index (χ3v) is 4.76. The van der Waals surface area contributed by atoms with Crippen molar-refractivity contribution in [2.45, 2.75) is 19.5 Å². The fraction of sp³-hybridized carbons (Fsp3) is 0.611. The van der Waals surface area contributed by atoms with Gasteiger partial charge in [-0.3, -0.25) is 9.69 Å². The highest BCUT2D eigenvalue weighted by Crippen LogP contribution is 2.29. The fourth-order valence-corrected chi connectivity index (χ4v) is 3.46. The van der Waals surface area contributed by atoms with Gasteiger partial charge in [-0.25, -0.2) is 0 Å². The highest BCUT2D eigenvalue weighted by atomic mass is 16.5. The predicted octanol–water partition coefficient (Wildman–Crippen LogP) is 1.38. The largest absolute Gasteiger partial charge is 0.493 e. The van der Waals surface area contributed by atoms with E-state index in [2.05, 4.69) is 11.0 Å². The van der Waals surface area contributed by atoms with Crippen LogP contribution in [0, 0.1) is 5.92 Å². The van der Waals surface area contributed by atoms with E-state index < -0.39 is 0 Å². The number of likely N-dealkylation sites (N-methyl/N-ethyl adjacent to an activating group) is 1. The normalized spacial score (nSPS) is 24.6. The first-order chi connectivity index (χ1) is 11.6. The number of fused-ring (bicyclic) bond motifs is 3. The average molecular weight is 334 g/mol. The molecular formula is C18H26N2O4. The number of amides is 1. The number of hydrogen-bond acceptors (Lipinski definition) is 5. The minimum Gasteiger partial charge on any atom is -0.493 e. The maximum atomic E-state index is 12.4. The Morgan fingerprint density at radius 2 is 2.08 bits per heavy atom. The summed E-state index contributed by atoms with van der Waals surface area (Å²) in [6.45, 7) is 6.05. The Morgan fingerprint density at radius 1 is 1.25 bits per heavy atom. The lowest BCUT2D eigenvalue weighted by Crippen LogP contribution is -2.42. The van der Waals surface area contributed by atoms with Crippen LogP contribution in [-0.4, -0.2) is 68.8 Å². The SMILES string of the molecule is CCOc1ccc(CN2C[C@@H]3COC[C@H](C2)N(C)C3=O)cc1OC. The van der Waals surface area contributed by atoms with E-state index in [1.165, 1.54) is 0 Å². The molecule has 0 N–H and O–H groups in total. The van der Waals surface area contributed by atoms with E-state index in [1.54, 1.807) is 7.11 Å². The van der Waals surface area contributed by atoms with Crippen LogP contribution >= 0.6 is 0 Å². The molecule has 132 valence electrons. The number of methoxy groups -OCH3 is 1. The summed E-state index contributed by atoms with van der Waals surface area (Å²) in [4.78, 5) is 16.6. The molecule has 3 rings (SSSR count). The number of ether oxygens (including phenoxy) is 3. The van der Waals surface area contributed by atoms with Crippen molar-refractivity contribution >= 4 is 5.91 Å². The Bertz CT molecular complexity index is 592. The molecule has 2 fully saturated rings. The maximum Gasteiger partial charge on any atom is 0.229 e. The van der Waals surface area contributed by atoms with Crippen LogP contribution in [-0.2, 0) is 16.1 Å². The molecule has 0 unspecified atom stereocenters. The van der Waals surface area contributed by atoms with Crippen LogP contribution in [0.15, 0.2) is 18.2 Å². The maximum absolute atomic E-state index is 12.4. The first-order valence-corrected chi connectivity index (χ1v) is 8.48. The molecule has 2 bridgehead atoms. The van der Waals surface area contributed by atoms with Crippen LogP contribution in [0.4, 0.5) is 0 Å². The van der Waals surface area contributed by atoms with Crippen LogP contribution in [0.2, 0.25) is 0 Å². The number of benzene rings is 1. The number of carbonyl (C=O) groups excluding carboxylic acids is 1. The minimum atomic E-state index is -0.0768. The molecule has 2 heterocycles. The summed E-state index contributed by atoms with van der Waals surface area (Å²) in [7, 11) is 3.54. The second-order valence-corrected chi connectivity index (χ2v) is 6.45. The van der Waals surface area contributed by atoms with Crippen molar-refractivity contribution in [3.63, 3.8) is 0 Å². The van der Waals surface area contributed by atoms with E-state index >= 15 is 0 Å². The van der Waals surface area contributed by atoms with E-state index in [0.29, 0.717) is 19.8 Å². The molecule has 2 saturated heterocycles. The third-order valence-electron chi connectivity index (χ3n) is 4.76. The smallest absolute Gasteiger partial charge is 0.229 e. The molecule has 2 atom stereocenters. The lowest BCUT2D eigenvalue weighted by molar-refractivity contribution is -0.133. The quantitative estimate of drug-likeness (QED) is 0.814. The molecule has 0 saturated carbocycles. The van der Waals surface area contributed by atoms with Crippen molar-refractivity contribution in [2.75, 3.05) is 47.1 Å². The summed E-state index contributed by atoms with van der Waals surface area (Å²) in [5, 5.41) is 0. The van der Waals surface area contributed by atoms with Gasteiger partial charge in [0.25, 0.3) is 0 Å². The van der Waals surface area contributed by atoms with Crippen LogP contribution in [0.25, 0.3) is 0 Å². The molecule has 6 heteroatoms. The molecule has 6 nitrogen and oxygen atoms in total. The van der Waals surface area contributed by atoms with Crippen molar-refractivity contribution < 1.29 is 19.0 Å². The Balaban J connectivity index is 1.75. The van der Waals surface area contributed by atoms with Gasteiger partial charge in [0.05, 0.1) is 38.9 Å². The number of nitrogens with zero attached hydrogens (tertiary/aromatic N) is 2. The molecule has 0 aliphatic carbocycles. The van der Waals surface area contributed by atoms with Crippen LogP contribution in [0.3, 0.4) is 0 Å².